The lowest BCUT2D eigenvalue weighted by atomic mass is 10.0. The van der Waals surface area contributed by atoms with Crippen molar-refractivity contribution in [1.29, 1.82) is 5.26 Å². The summed E-state index contributed by atoms with van der Waals surface area (Å²) >= 11 is 0. The van der Waals surface area contributed by atoms with E-state index in [4.69, 9.17) is 10.00 Å². The normalized spacial score (nSPS) is 18.8. The Kier molecular flexibility index (Phi) is 4.47. The molecule has 2 aromatic rings. The number of nitrogens with zero attached hydrogens (tertiary/aromatic N) is 3. The Morgan fingerprint density at radius 2 is 2.27 bits per heavy atom. The van der Waals surface area contributed by atoms with E-state index in [-0.39, 0.29) is 6.10 Å². The van der Waals surface area contributed by atoms with Crippen LogP contribution in [0, 0.1) is 18.3 Å². The van der Waals surface area contributed by atoms with E-state index in [1.165, 1.54) is 11.1 Å². The highest BCUT2D eigenvalue weighted by molar-refractivity contribution is 5.34. The van der Waals surface area contributed by atoms with Crippen molar-refractivity contribution in [2.45, 2.75) is 19.6 Å². The first-order chi connectivity index (χ1) is 10.7. The highest BCUT2D eigenvalue weighted by Gasteiger charge is 2.22. The van der Waals surface area contributed by atoms with Crippen LogP contribution >= 0.6 is 0 Å². The van der Waals surface area contributed by atoms with Crippen LogP contribution in [0.4, 0.5) is 0 Å². The van der Waals surface area contributed by atoms with Crippen molar-refractivity contribution in [3.63, 3.8) is 0 Å². The Balaban J connectivity index is 1.70. The van der Waals surface area contributed by atoms with Gasteiger partial charge in [0.15, 0.2) is 0 Å². The number of ether oxygens (including phenoxy) is 1. The molecule has 0 saturated carbocycles. The Bertz CT molecular complexity index is 693. The summed E-state index contributed by atoms with van der Waals surface area (Å²) in [7, 11) is 0. The SMILES string of the molecule is Cc1cncc(CN2CCO[C@@H](c3cccc(C#N)c3)C2)c1. The molecule has 1 fully saturated rings. The Labute approximate surface area is 131 Å². The third-order valence-corrected chi connectivity index (χ3v) is 3.88. The molecule has 3 rings (SSSR count). The van der Waals surface area contributed by atoms with Gasteiger partial charge in [0.05, 0.1) is 24.3 Å². The van der Waals surface area contributed by atoms with Gasteiger partial charge in [0.25, 0.3) is 0 Å². The third-order valence-electron chi connectivity index (χ3n) is 3.88. The van der Waals surface area contributed by atoms with E-state index in [9.17, 15) is 0 Å². The fraction of sp³-hybridized carbons (Fsp3) is 0.333. The van der Waals surface area contributed by atoms with Gasteiger partial charge in [-0.25, -0.2) is 0 Å². The van der Waals surface area contributed by atoms with Crippen LogP contribution in [0.15, 0.2) is 42.7 Å². The van der Waals surface area contributed by atoms with Crippen molar-refractivity contribution in [3.8, 4) is 6.07 Å². The van der Waals surface area contributed by atoms with Crippen LogP contribution in [-0.2, 0) is 11.3 Å². The van der Waals surface area contributed by atoms with Crippen molar-refractivity contribution >= 4 is 0 Å². The molecule has 0 bridgehead atoms. The lowest BCUT2D eigenvalue weighted by Gasteiger charge is -2.33. The van der Waals surface area contributed by atoms with Gasteiger partial charge in [0.2, 0.25) is 0 Å². The number of aromatic nitrogens is 1. The largest absolute Gasteiger partial charge is 0.371 e. The summed E-state index contributed by atoms with van der Waals surface area (Å²) in [5.74, 6) is 0. The summed E-state index contributed by atoms with van der Waals surface area (Å²) in [6, 6.07) is 12.0. The highest BCUT2D eigenvalue weighted by Crippen LogP contribution is 2.24. The van der Waals surface area contributed by atoms with Crippen LogP contribution in [0.25, 0.3) is 0 Å². The molecule has 1 aromatic heterocycles. The second-order valence-electron chi connectivity index (χ2n) is 5.70. The number of benzene rings is 1. The van der Waals surface area contributed by atoms with E-state index in [2.05, 4.69) is 28.9 Å². The first-order valence-electron chi connectivity index (χ1n) is 7.49. The lowest BCUT2D eigenvalue weighted by molar-refractivity contribution is -0.0329. The standard InChI is InChI=1S/C18H19N3O/c1-14-7-16(11-20-10-14)12-21-5-6-22-18(13-21)17-4-2-3-15(8-17)9-19/h2-4,7-8,10-11,18H,5-6,12-13H2,1H3/t18-/m1/s1. The number of pyridine rings is 1. The molecule has 0 unspecified atom stereocenters. The minimum absolute atomic E-state index is 0.0276. The van der Waals surface area contributed by atoms with E-state index in [0.717, 1.165) is 25.2 Å². The summed E-state index contributed by atoms with van der Waals surface area (Å²) in [5.41, 5.74) is 4.17. The van der Waals surface area contributed by atoms with Crippen LogP contribution < -0.4 is 0 Å². The minimum Gasteiger partial charge on any atom is -0.371 e. The van der Waals surface area contributed by atoms with Gasteiger partial charge in [0.1, 0.15) is 0 Å². The average molecular weight is 293 g/mol. The van der Waals surface area contributed by atoms with E-state index < -0.39 is 0 Å². The number of rotatable bonds is 3. The first kappa shape index (κ1) is 14.7. The minimum atomic E-state index is 0.0276. The Morgan fingerprint density at radius 3 is 3.09 bits per heavy atom. The van der Waals surface area contributed by atoms with Gasteiger partial charge in [0, 0.05) is 32.0 Å². The van der Waals surface area contributed by atoms with Crippen LogP contribution in [0.3, 0.4) is 0 Å². The monoisotopic (exact) mass is 293 g/mol. The lowest BCUT2D eigenvalue weighted by Crippen LogP contribution is -2.37. The summed E-state index contributed by atoms with van der Waals surface area (Å²) in [6.45, 7) is 5.41. The predicted octanol–water partition coefficient (Wildman–Crippen LogP) is 2.84. The van der Waals surface area contributed by atoms with Gasteiger partial charge in [-0.05, 0) is 35.7 Å². The van der Waals surface area contributed by atoms with Crippen molar-refractivity contribution in [1.82, 2.24) is 9.88 Å². The quantitative estimate of drug-likeness (QED) is 0.873. The molecule has 0 radical (unpaired) electrons. The molecule has 0 aliphatic carbocycles. The van der Waals surface area contributed by atoms with E-state index >= 15 is 0 Å². The number of aryl methyl sites for hydroxylation is 1. The molecule has 4 heteroatoms. The maximum atomic E-state index is 9.03. The average Bonchev–Trinajstić information content (AvgIpc) is 2.55. The van der Waals surface area contributed by atoms with Crippen LogP contribution in [0.5, 0.6) is 0 Å². The smallest absolute Gasteiger partial charge is 0.0991 e. The van der Waals surface area contributed by atoms with E-state index in [1.54, 1.807) is 0 Å². The zero-order valence-electron chi connectivity index (χ0n) is 12.7. The molecule has 2 heterocycles. The zero-order valence-corrected chi connectivity index (χ0v) is 12.7. The number of nitriles is 1. The van der Waals surface area contributed by atoms with E-state index in [1.807, 2.05) is 36.7 Å². The summed E-state index contributed by atoms with van der Waals surface area (Å²) in [5, 5.41) is 9.03. The number of morpholine rings is 1. The van der Waals surface area contributed by atoms with Crippen molar-refractivity contribution < 1.29 is 4.74 Å². The van der Waals surface area contributed by atoms with Gasteiger partial charge < -0.3 is 4.74 Å². The summed E-state index contributed by atoms with van der Waals surface area (Å²) in [4.78, 5) is 6.63. The molecule has 0 amide bonds. The molecule has 112 valence electrons. The second kappa shape index (κ2) is 6.69. The Hall–Kier alpha value is -2.22. The van der Waals surface area contributed by atoms with Gasteiger partial charge in [-0.15, -0.1) is 0 Å². The molecule has 1 aliphatic heterocycles. The van der Waals surface area contributed by atoms with Gasteiger partial charge in [-0.3, -0.25) is 9.88 Å². The maximum absolute atomic E-state index is 9.03. The fourth-order valence-corrected chi connectivity index (χ4v) is 2.82. The topological polar surface area (TPSA) is 49.2 Å². The number of hydrogen-bond acceptors (Lipinski definition) is 4. The second-order valence-corrected chi connectivity index (χ2v) is 5.70. The van der Waals surface area contributed by atoms with Crippen molar-refractivity contribution in [3.05, 3.63) is 65.0 Å². The Morgan fingerprint density at radius 1 is 1.36 bits per heavy atom. The molecular weight excluding hydrogens is 274 g/mol. The predicted molar refractivity (Wildman–Crippen MR) is 84.1 cm³/mol. The molecular formula is C18H19N3O. The fourth-order valence-electron chi connectivity index (χ4n) is 2.82. The third kappa shape index (κ3) is 3.51. The molecule has 4 nitrogen and oxygen atoms in total. The van der Waals surface area contributed by atoms with Crippen molar-refractivity contribution in [2.24, 2.45) is 0 Å². The first-order valence-corrected chi connectivity index (χ1v) is 7.49. The van der Waals surface area contributed by atoms with Crippen LogP contribution in [0.1, 0.15) is 28.4 Å². The van der Waals surface area contributed by atoms with Crippen LogP contribution in [0.2, 0.25) is 0 Å². The molecule has 1 saturated heterocycles. The van der Waals surface area contributed by atoms with Gasteiger partial charge in [-0.2, -0.15) is 5.26 Å². The zero-order chi connectivity index (χ0) is 15.4. The highest BCUT2D eigenvalue weighted by atomic mass is 16.5. The summed E-state index contributed by atoms with van der Waals surface area (Å²) < 4.78 is 5.89. The van der Waals surface area contributed by atoms with Crippen LogP contribution in [-0.4, -0.2) is 29.6 Å². The molecule has 0 N–H and O–H groups in total. The summed E-state index contributed by atoms with van der Waals surface area (Å²) in [6.07, 6.45) is 3.83. The molecule has 1 atom stereocenters. The van der Waals surface area contributed by atoms with E-state index in [0.29, 0.717) is 12.2 Å². The van der Waals surface area contributed by atoms with Crippen molar-refractivity contribution in [2.75, 3.05) is 19.7 Å². The number of hydrogen-bond donors (Lipinski definition) is 0. The molecule has 0 spiro atoms. The van der Waals surface area contributed by atoms with Gasteiger partial charge in [-0.1, -0.05) is 18.2 Å². The molecule has 1 aromatic carbocycles. The van der Waals surface area contributed by atoms with Gasteiger partial charge >= 0.3 is 0 Å². The molecule has 22 heavy (non-hydrogen) atoms. The maximum Gasteiger partial charge on any atom is 0.0991 e. The molecule has 1 aliphatic rings.